The van der Waals surface area contributed by atoms with Crippen LogP contribution in [0.3, 0.4) is 0 Å². The van der Waals surface area contributed by atoms with Gasteiger partial charge in [0.1, 0.15) is 0 Å². The summed E-state index contributed by atoms with van der Waals surface area (Å²) < 4.78 is 0. The van der Waals surface area contributed by atoms with Crippen molar-refractivity contribution >= 4 is 5.43 Å². The molecule has 2 aliphatic carbocycles. The molecule has 0 bridgehead atoms. The van der Waals surface area contributed by atoms with Crippen LogP contribution in [0.15, 0.2) is 29.9 Å². The summed E-state index contributed by atoms with van der Waals surface area (Å²) in [7, 11) is 0. The second kappa shape index (κ2) is 15.3. The van der Waals surface area contributed by atoms with Gasteiger partial charge >= 0.3 is 54.7 Å². The Balaban J connectivity index is 0. The summed E-state index contributed by atoms with van der Waals surface area (Å²) in [4.78, 5) is 0. The summed E-state index contributed by atoms with van der Waals surface area (Å²) in [5.41, 5.74) is 7.53. The molecule has 1 unspecified atom stereocenters. The van der Waals surface area contributed by atoms with Gasteiger partial charge in [-0.1, -0.05) is 34.1 Å². The normalized spacial score (nSPS) is 16.3. The van der Waals surface area contributed by atoms with Crippen LogP contribution in [0, 0.1) is 40.0 Å². The topological polar surface area (TPSA) is 0 Å². The van der Waals surface area contributed by atoms with E-state index in [1.54, 1.807) is 28.9 Å². The van der Waals surface area contributed by atoms with Gasteiger partial charge in [0.15, 0.2) is 0 Å². The van der Waals surface area contributed by atoms with Crippen molar-refractivity contribution in [3.63, 3.8) is 0 Å². The Labute approximate surface area is 189 Å². The molecule has 1 aromatic rings. The van der Waals surface area contributed by atoms with Crippen LogP contribution >= 0.6 is 0 Å². The minimum atomic E-state index is 0. The molecule has 4 heteroatoms. The fraction of sp³-hybridized carbons (Fsp3) is 0.545. The maximum Gasteiger partial charge on any atom is -0.0630 e. The maximum absolute atomic E-state index is 2.40. The quantitative estimate of drug-likeness (QED) is 0.425. The van der Waals surface area contributed by atoms with Gasteiger partial charge in [0.05, 0.1) is 0 Å². The number of hydrogen-bond donors (Lipinski definition) is 0. The van der Waals surface area contributed by atoms with Crippen molar-refractivity contribution in [2.75, 3.05) is 0 Å². The van der Waals surface area contributed by atoms with E-state index >= 15 is 0 Å². The standard InChI is InChI=1S/C9H11.C9H13.C4H10Si.2ClH.Zr/c1-2-5-9-7-3-6-8(9)4-1;1-6-5-7(2)9(4)8(6)3;1-3-4-5-2;;;/h1-2,4,6,9H,3,5,7H2;5H,1-4H3;3-4H2,1-2H3;2*1H;/q2*-1;;;;+2/p-2. The smallest absolute Gasteiger partial charge is 0.0630 e. The first-order valence-corrected chi connectivity index (χ1v) is 15.2. The first-order chi connectivity index (χ1) is 11.4. The van der Waals surface area contributed by atoms with Gasteiger partial charge in [0.2, 0.25) is 0 Å². The van der Waals surface area contributed by atoms with Gasteiger partial charge in [-0.2, -0.15) is 28.3 Å². The molecular weight excluding hydrogens is 454 g/mol. The fourth-order valence-electron chi connectivity index (χ4n) is 3.17. The van der Waals surface area contributed by atoms with E-state index in [1.165, 1.54) is 54.0 Å². The number of halogens is 2. The third-order valence-corrected chi connectivity index (χ3v) is 8.11. The second-order valence-electron chi connectivity index (χ2n) is 7.10. The molecule has 26 heavy (non-hydrogen) atoms. The molecule has 1 saturated carbocycles. The zero-order chi connectivity index (χ0) is 18.1. The molecule has 1 atom stereocenters. The van der Waals surface area contributed by atoms with Crippen molar-refractivity contribution < 1.29 is 48.1 Å². The van der Waals surface area contributed by atoms with Gasteiger partial charge in [-0.3, -0.25) is 0 Å². The van der Waals surface area contributed by atoms with Crippen molar-refractivity contribution in [1.82, 2.24) is 0 Å². The van der Waals surface area contributed by atoms with Crippen molar-refractivity contribution in [1.29, 1.82) is 0 Å². The number of allylic oxidation sites excluding steroid dienone is 4. The van der Waals surface area contributed by atoms with E-state index < -0.39 is 0 Å². The van der Waals surface area contributed by atoms with Crippen LogP contribution in [0.25, 0.3) is 0 Å². The predicted molar refractivity (Wildman–Crippen MR) is 107 cm³/mol. The minimum absolute atomic E-state index is 0. The molecule has 0 aromatic heterocycles. The van der Waals surface area contributed by atoms with Gasteiger partial charge in [0.25, 0.3) is 0 Å². The van der Waals surface area contributed by atoms with Crippen molar-refractivity contribution in [2.24, 2.45) is 5.92 Å². The third kappa shape index (κ3) is 10.1. The van der Waals surface area contributed by atoms with Crippen LogP contribution in [0.2, 0.25) is 12.6 Å². The van der Waals surface area contributed by atoms with Gasteiger partial charge in [-0.25, -0.2) is 18.1 Å². The molecule has 0 nitrogen and oxygen atoms in total. The monoisotopic (exact) mass is 486 g/mol. The van der Waals surface area contributed by atoms with E-state index in [0.29, 0.717) is 0 Å². The molecule has 0 amide bonds. The Morgan fingerprint density at radius 1 is 1.27 bits per heavy atom. The van der Waals surface area contributed by atoms with Crippen LogP contribution in [0.4, 0.5) is 0 Å². The van der Waals surface area contributed by atoms with Gasteiger partial charge in [0, 0.05) is 0 Å². The van der Waals surface area contributed by atoms with E-state index in [1.807, 2.05) is 0 Å². The molecule has 0 heterocycles. The first kappa shape index (κ1) is 28.6. The summed E-state index contributed by atoms with van der Waals surface area (Å²) in [5.74, 6) is 0.884. The fourth-order valence-corrected chi connectivity index (χ4v) is 5.77. The molecule has 0 aliphatic heterocycles. The molecule has 0 radical (unpaired) electrons. The number of rotatable bonds is 2. The van der Waals surface area contributed by atoms with Gasteiger partial charge < -0.3 is 24.8 Å². The summed E-state index contributed by atoms with van der Waals surface area (Å²) >= 11 is 1.79. The van der Waals surface area contributed by atoms with E-state index in [0.717, 1.165) is 5.92 Å². The second-order valence-corrected chi connectivity index (χ2v) is 15.5. The molecule has 3 rings (SSSR count). The minimum Gasteiger partial charge on any atom is -1.00 e. The van der Waals surface area contributed by atoms with Crippen LogP contribution in [0.1, 0.15) is 54.9 Å². The van der Waals surface area contributed by atoms with Crippen molar-refractivity contribution in [2.45, 2.75) is 72.9 Å². The van der Waals surface area contributed by atoms with E-state index in [4.69, 9.17) is 0 Å². The Kier molecular flexibility index (Phi) is 16.8. The zero-order valence-corrected chi connectivity index (χ0v) is 22.2. The van der Waals surface area contributed by atoms with Gasteiger partial charge in [-0.05, 0) is 12.3 Å². The first-order valence-electron chi connectivity index (χ1n) is 9.30. The summed E-state index contributed by atoms with van der Waals surface area (Å²) in [6.07, 6.45) is 14.4. The van der Waals surface area contributed by atoms with E-state index in [-0.39, 0.29) is 30.2 Å². The third-order valence-electron chi connectivity index (χ3n) is 5.02. The van der Waals surface area contributed by atoms with Crippen LogP contribution in [0.5, 0.6) is 0 Å². The summed E-state index contributed by atoms with van der Waals surface area (Å²) in [5, 5.41) is 0. The van der Waals surface area contributed by atoms with E-state index in [2.05, 4.69) is 71.9 Å². The molecule has 0 saturated heterocycles. The molecule has 146 valence electrons. The summed E-state index contributed by atoms with van der Waals surface area (Å²) in [6.45, 7) is 13.3. The van der Waals surface area contributed by atoms with E-state index in [9.17, 15) is 0 Å². The average Bonchev–Trinajstić information content (AvgIpc) is 3.10. The Morgan fingerprint density at radius 2 is 1.92 bits per heavy atom. The van der Waals surface area contributed by atoms with Gasteiger partial charge in [-0.15, -0.1) is 18.6 Å². The molecular formula is C22H34Cl2SiZr-2. The van der Waals surface area contributed by atoms with Crippen LogP contribution in [-0.4, -0.2) is 5.43 Å². The number of aryl methyl sites for hydroxylation is 2. The Morgan fingerprint density at radius 3 is 2.27 bits per heavy atom. The van der Waals surface area contributed by atoms with Crippen LogP contribution < -0.4 is 24.8 Å². The summed E-state index contributed by atoms with van der Waals surface area (Å²) in [6, 6.07) is 3.76. The van der Waals surface area contributed by atoms with Crippen molar-refractivity contribution in [3.8, 4) is 0 Å². The number of fused-ring (bicyclic) bond motifs is 1. The molecule has 2 aliphatic rings. The molecule has 1 aromatic carbocycles. The SMILES string of the molecule is C1=CCC2CC[CH-]C2=C1.CCC[Si](C)=[Zr+2].Cc1c[c-](C)c(C)c1C.[Cl-].[Cl-]. The molecule has 1 fully saturated rings. The van der Waals surface area contributed by atoms with Crippen molar-refractivity contribution in [3.05, 3.63) is 58.5 Å². The Hall–Kier alpha value is 0.380. The number of hydrogen-bond acceptors (Lipinski definition) is 0. The maximum atomic E-state index is 2.40. The Bertz CT molecular complexity index is 577. The zero-order valence-electron chi connectivity index (χ0n) is 17.3. The van der Waals surface area contributed by atoms with Crippen LogP contribution in [-0.2, 0) is 23.3 Å². The molecule has 0 N–H and O–H groups in total. The predicted octanol–water partition coefficient (Wildman–Crippen LogP) is 0.699. The largest absolute Gasteiger partial charge is 1.00 e. The molecule has 0 spiro atoms. The average molecular weight is 489 g/mol.